The number of halogens is 1. The van der Waals surface area contributed by atoms with Gasteiger partial charge in [-0.3, -0.25) is 4.79 Å². The molecule has 3 aromatic carbocycles. The molecule has 0 fully saturated rings. The van der Waals surface area contributed by atoms with Gasteiger partial charge < -0.3 is 0 Å². The van der Waals surface area contributed by atoms with Crippen molar-refractivity contribution in [1.82, 2.24) is 9.78 Å². The highest BCUT2D eigenvalue weighted by molar-refractivity contribution is 6.02. The Morgan fingerprint density at radius 1 is 1.00 bits per heavy atom. The monoisotopic (exact) mass is 501 g/mol. The molecule has 0 bridgehead atoms. The lowest BCUT2D eigenvalue weighted by Gasteiger charge is -2.45. The highest BCUT2D eigenvalue weighted by Gasteiger charge is 2.50. The second-order valence-corrected chi connectivity index (χ2v) is 10.6. The first-order chi connectivity index (χ1) is 18.4. The van der Waals surface area contributed by atoms with Gasteiger partial charge in [0.2, 0.25) is 0 Å². The van der Waals surface area contributed by atoms with E-state index in [2.05, 4.69) is 49.4 Å². The van der Waals surface area contributed by atoms with Crippen molar-refractivity contribution in [3.63, 3.8) is 0 Å². The van der Waals surface area contributed by atoms with E-state index in [1.165, 1.54) is 0 Å². The number of aromatic nitrogens is 2. The van der Waals surface area contributed by atoms with Gasteiger partial charge >= 0.3 is 0 Å². The van der Waals surface area contributed by atoms with Gasteiger partial charge in [0.15, 0.2) is 5.78 Å². The summed E-state index contributed by atoms with van der Waals surface area (Å²) in [6, 6.07) is 28.2. The maximum absolute atomic E-state index is 13.2. The van der Waals surface area contributed by atoms with E-state index < -0.39 is 12.1 Å². The number of ketones is 1. The molecule has 0 saturated heterocycles. The van der Waals surface area contributed by atoms with Crippen LogP contribution in [0.2, 0.25) is 0 Å². The van der Waals surface area contributed by atoms with Crippen molar-refractivity contribution in [2.45, 2.75) is 38.8 Å². The molecule has 188 valence electrons. The van der Waals surface area contributed by atoms with Crippen molar-refractivity contribution < 1.29 is 9.18 Å². The Morgan fingerprint density at radius 2 is 1.66 bits per heavy atom. The van der Waals surface area contributed by atoms with E-state index in [9.17, 15) is 14.4 Å². The third kappa shape index (κ3) is 3.71. The number of Topliss-reactive ketones (excluding diaryl/α,β-unsaturated/α-hetero) is 1. The van der Waals surface area contributed by atoms with Crippen LogP contribution >= 0.6 is 0 Å². The normalized spacial score (nSPS) is 22.3. The van der Waals surface area contributed by atoms with Crippen LogP contribution in [0, 0.1) is 23.2 Å². The number of benzene rings is 3. The van der Waals surface area contributed by atoms with Crippen molar-refractivity contribution in [2.75, 3.05) is 0 Å². The molecule has 0 radical (unpaired) electrons. The number of nitriles is 1. The molecule has 2 aliphatic rings. The van der Waals surface area contributed by atoms with Gasteiger partial charge in [-0.15, -0.1) is 0 Å². The summed E-state index contributed by atoms with van der Waals surface area (Å²) in [5.74, 6) is -0.247. The number of hydrogen-bond acceptors (Lipinski definition) is 3. The Kier molecular flexibility index (Phi) is 5.84. The van der Waals surface area contributed by atoms with Crippen LogP contribution in [0.3, 0.4) is 0 Å². The van der Waals surface area contributed by atoms with Crippen LogP contribution < -0.4 is 0 Å². The van der Waals surface area contributed by atoms with Gasteiger partial charge in [0.05, 0.1) is 22.6 Å². The van der Waals surface area contributed by atoms with Crippen LogP contribution in [-0.4, -0.2) is 15.6 Å². The molecule has 0 amide bonds. The predicted octanol–water partition coefficient (Wildman–Crippen LogP) is 7.16. The van der Waals surface area contributed by atoms with E-state index >= 15 is 0 Å². The fourth-order valence-corrected chi connectivity index (χ4v) is 6.44. The van der Waals surface area contributed by atoms with Crippen LogP contribution in [0.1, 0.15) is 37.1 Å². The number of rotatable bonds is 4. The maximum Gasteiger partial charge on any atom is 0.176 e. The van der Waals surface area contributed by atoms with Gasteiger partial charge in [0.1, 0.15) is 12.7 Å². The fraction of sp³-hybridized carbons (Fsp3) is 0.242. The maximum atomic E-state index is 13.2. The summed E-state index contributed by atoms with van der Waals surface area (Å²) in [4.78, 5) is 12.9. The number of nitrogens with zero attached hydrogens (tertiary/aromatic N) is 3. The molecular formula is C33H28FN3O. The van der Waals surface area contributed by atoms with E-state index in [-0.39, 0.29) is 23.2 Å². The zero-order chi connectivity index (χ0) is 26.4. The summed E-state index contributed by atoms with van der Waals surface area (Å²) >= 11 is 0. The molecule has 1 heterocycles. The summed E-state index contributed by atoms with van der Waals surface area (Å²) in [7, 11) is 0. The highest BCUT2D eigenvalue weighted by Crippen LogP contribution is 2.52. The summed E-state index contributed by atoms with van der Waals surface area (Å²) in [5.41, 5.74) is 7.46. The number of carbonyl (C=O) groups excluding carboxylic acids is 1. The lowest BCUT2D eigenvalue weighted by molar-refractivity contribution is -0.121. The van der Waals surface area contributed by atoms with Gasteiger partial charge in [-0.25, -0.2) is 9.07 Å². The molecular weight excluding hydrogens is 473 g/mol. The Labute approximate surface area is 222 Å². The van der Waals surface area contributed by atoms with Crippen LogP contribution in [-0.2, 0) is 23.3 Å². The smallest absolute Gasteiger partial charge is 0.176 e. The predicted molar refractivity (Wildman–Crippen MR) is 146 cm³/mol. The number of hydrogen-bond donors (Lipinski definition) is 0. The number of alkyl halides is 1. The second kappa shape index (κ2) is 9.22. The second-order valence-electron chi connectivity index (χ2n) is 10.6. The number of allylic oxidation sites excluding steroid dienone is 2. The zero-order valence-electron chi connectivity index (χ0n) is 21.5. The van der Waals surface area contributed by atoms with Crippen LogP contribution in [0.15, 0.2) is 90.5 Å². The van der Waals surface area contributed by atoms with Gasteiger partial charge in [0.25, 0.3) is 0 Å². The molecule has 38 heavy (non-hydrogen) atoms. The quantitative estimate of drug-likeness (QED) is 0.298. The molecule has 0 saturated carbocycles. The summed E-state index contributed by atoms with van der Waals surface area (Å²) in [5, 5.41) is 14.9. The third-order valence-electron chi connectivity index (χ3n) is 8.42. The van der Waals surface area contributed by atoms with Gasteiger partial charge in [0, 0.05) is 22.5 Å². The average molecular weight is 502 g/mol. The van der Waals surface area contributed by atoms with Crippen LogP contribution in [0.5, 0.6) is 0 Å². The SMILES string of the molecule is C[C@H]1C(=O)C(C#N)=C[C@@]2(C)c3c(c(-c4ccc(CF)cc4)nn3-c3ccc(-c4ccccc4)cc3)CC[C@H]12. The van der Waals surface area contributed by atoms with Gasteiger partial charge in [-0.1, -0.05) is 86.7 Å². The fourth-order valence-electron chi connectivity index (χ4n) is 6.44. The largest absolute Gasteiger partial charge is 0.293 e. The first-order valence-corrected chi connectivity index (χ1v) is 13.0. The summed E-state index contributed by atoms with van der Waals surface area (Å²) in [6.07, 6.45) is 3.50. The number of carbonyl (C=O) groups is 1. The lowest BCUT2D eigenvalue weighted by atomic mass is 9.57. The van der Waals surface area contributed by atoms with E-state index in [1.807, 2.05) is 48.0 Å². The van der Waals surface area contributed by atoms with Gasteiger partial charge in [-0.2, -0.15) is 10.4 Å². The summed E-state index contributed by atoms with van der Waals surface area (Å²) < 4.78 is 15.2. The Bertz CT molecular complexity index is 1590. The molecule has 2 aliphatic carbocycles. The van der Waals surface area contributed by atoms with E-state index in [0.717, 1.165) is 52.2 Å². The van der Waals surface area contributed by atoms with Crippen molar-refractivity contribution in [2.24, 2.45) is 11.8 Å². The zero-order valence-corrected chi connectivity index (χ0v) is 21.5. The number of fused-ring (bicyclic) bond motifs is 3. The van der Waals surface area contributed by atoms with E-state index in [4.69, 9.17) is 5.10 Å². The molecule has 5 heteroatoms. The van der Waals surface area contributed by atoms with E-state index in [1.54, 1.807) is 12.1 Å². The Hall–Kier alpha value is -4.30. The first-order valence-electron chi connectivity index (χ1n) is 13.0. The highest BCUT2D eigenvalue weighted by atomic mass is 19.1. The Morgan fingerprint density at radius 3 is 2.32 bits per heavy atom. The molecule has 0 unspecified atom stereocenters. The van der Waals surface area contributed by atoms with Crippen LogP contribution in [0.25, 0.3) is 28.1 Å². The standard InChI is InChI=1S/C33H28FN3O/c1-21-29-17-16-28-30(25-10-8-22(19-34)9-11-25)36-37(32(28)33(29,2)18-26(20-35)31(21)38)27-14-12-24(13-15-27)23-6-4-3-5-7-23/h3-15,18,21,29H,16-17,19H2,1-2H3/t21-,29-,33-/m1/s1. The minimum atomic E-state index is -0.534. The van der Waals surface area contributed by atoms with Crippen molar-refractivity contribution >= 4 is 5.78 Å². The molecule has 3 atom stereocenters. The molecule has 6 rings (SSSR count). The minimum absolute atomic E-state index is 0.0698. The minimum Gasteiger partial charge on any atom is -0.293 e. The van der Waals surface area contributed by atoms with Crippen molar-refractivity contribution in [1.29, 1.82) is 5.26 Å². The van der Waals surface area contributed by atoms with Crippen molar-refractivity contribution in [3.05, 3.63) is 107 Å². The average Bonchev–Trinajstić information content (AvgIpc) is 3.37. The Balaban J connectivity index is 1.56. The third-order valence-corrected chi connectivity index (χ3v) is 8.42. The van der Waals surface area contributed by atoms with Crippen LogP contribution in [0.4, 0.5) is 4.39 Å². The summed E-state index contributed by atoms with van der Waals surface area (Å²) in [6.45, 7) is 3.59. The molecule has 0 aliphatic heterocycles. The lowest BCUT2D eigenvalue weighted by Crippen LogP contribution is -2.46. The molecule has 0 spiro atoms. The van der Waals surface area contributed by atoms with Gasteiger partial charge in [-0.05, 0) is 47.6 Å². The first kappa shape index (κ1) is 24.1. The molecule has 4 aromatic rings. The van der Waals surface area contributed by atoms with E-state index in [0.29, 0.717) is 5.56 Å². The molecule has 4 nitrogen and oxygen atoms in total. The molecule has 1 aromatic heterocycles. The molecule has 0 N–H and O–H groups in total. The van der Waals surface area contributed by atoms with Crippen molar-refractivity contribution in [3.8, 4) is 34.1 Å². The topological polar surface area (TPSA) is 58.7 Å².